The molecule has 3 nitrogen and oxygen atoms in total. The van der Waals surface area contributed by atoms with Crippen molar-refractivity contribution in [3.8, 4) is 0 Å². The van der Waals surface area contributed by atoms with Gasteiger partial charge in [-0.3, -0.25) is 0 Å². The molecule has 1 aromatic carbocycles. The maximum atomic E-state index is 5.88. The third-order valence-corrected chi connectivity index (χ3v) is 4.02. The summed E-state index contributed by atoms with van der Waals surface area (Å²) in [5, 5.41) is 3.21. The first-order chi connectivity index (χ1) is 9.90. The first-order valence-electron chi connectivity index (χ1n) is 7.91. The molecule has 0 atom stereocenters. The molecule has 0 amide bonds. The maximum absolute atomic E-state index is 5.88. The zero-order valence-electron chi connectivity index (χ0n) is 12.7. The molecule has 0 saturated carbocycles. The minimum atomic E-state index is 0.744. The molecule has 0 bridgehead atoms. The summed E-state index contributed by atoms with van der Waals surface area (Å²) in [6.45, 7) is 6.20. The SMILES string of the molecule is CNCCc1ccccc1COCCN1CCCCC1. The minimum Gasteiger partial charge on any atom is -0.375 e. The molecular formula is C17H28N2O. The highest BCUT2D eigenvalue weighted by atomic mass is 16.5. The first-order valence-corrected chi connectivity index (χ1v) is 7.91. The fourth-order valence-electron chi connectivity index (χ4n) is 2.76. The van der Waals surface area contributed by atoms with Crippen LogP contribution in [0.25, 0.3) is 0 Å². The van der Waals surface area contributed by atoms with Crippen LogP contribution in [0.4, 0.5) is 0 Å². The molecule has 1 aromatic rings. The molecule has 0 aromatic heterocycles. The van der Waals surface area contributed by atoms with E-state index in [1.165, 1.54) is 43.5 Å². The van der Waals surface area contributed by atoms with Gasteiger partial charge in [0.25, 0.3) is 0 Å². The topological polar surface area (TPSA) is 24.5 Å². The largest absolute Gasteiger partial charge is 0.375 e. The average Bonchev–Trinajstić information content (AvgIpc) is 2.51. The first kappa shape index (κ1) is 15.5. The number of rotatable bonds is 8. The van der Waals surface area contributed by atoms with Gasteiger partial charge in [0.2, 0.25) is 0 Å². The molecule has 1 aliphatic heterocycles. The van der Waals surface area contributed by atoms with Crippen molar-refractivity contribution in [1.29, 1.82) is 0 Å². The van der Waals surface area contributed by atoms with Crippen molar-refractivity contribution in [2.75, 3.05) is 39.8 Å². The lowest BCUT2D eigenvalue weighted by atomic mass is 10.1. The number of likely N-dealkylation sites (tertiary alicyclic amines) is 1. The lowest BCUT2D eigenvalue weighted by Gasteiger charge is -2.26. The molecule has 112 valence electrons. The Morgan fingerprint density at radius 2 is 1.85 bits per heavy atom. The van der Waals surface area contributed by atoms with Crippen LogP contribution in [0.5, 0.6) is 0 Å². The lowest BCUT2D eigenvalue weighted by Crippen LogP contribution is -2.32. The van der Waals surface area contributed by atoms with Crippen LogP contribution in [0.3, 0.4) is 0 Å². The standard InChI is InChI=1S/C17H28N2O/c1-18-10-9-16-7-3-4-8-17(16)15-20-14-13-19-11-5-2-6-12-19/h3-4,7-8,18H,2,5-6,9-15H2,1H3. The van der Waals surface area contributed by atoms with Gasteiger partial charge < -0.3 is 15.0 Å². The number of hydrogen-bond acceptors (Lipinski definition) is 3. The van der Waals surface area contributed by atoms with E-state index in [2.05, 4.69) is 34.5 Å². The molecule has 1 heterocycles. The van der Waals surface area contributed by atoms with E-state index in [-0.39, 0.29) is 0 Å². The Hall–Kier alpha value is -0.900. The van der Waals surface area contributed by atoms with Gasteiger partial charge >= 0.3 is 0 Å². The number of nitrogens with zero attached hydrogens (tertiary/aromatic N) is 1. The Bertz CT molecular complexity index is 375. The van der Waals surface area contributed by atoms with Crippen molar-refractivity contribution in [3.05, 3.63) is 35.4 Å². The van der Waals surface area contributed by atoms with Gasteiger partial charge in [-0.05, 0) is 57.1 Å². The molecule has 1 aliphatic rings. The van der Waals surface area contributed by atoms with Gasteiger partial charge in [-0.25, -0.2) is 0 Å². The number of piperidine rings is 1. The van der Waals surface area contributed by atoms with Crippen LogP contribution in [0.2, 0.25) is 0 Å². The second-order valence-electron chi connectivity index (χ2n) is 5.58. The quantitative estimate of drug-likeness (QED) is 0.738. The van der Waals surface area contributed by atoms with Crippen LogP contribution >= 0.6 is 0 Å². The normalized spacial score (nSPS) is 16.4. The van der Waals surface area contributed by atoms with Crippen molar-refractivity contribution in [2.24, 2.45) is 0 Å². The second-order valence-corrected chi connectivity index (χ2v) is 5.58. The summed E-state index contributed by atoms with van der Waals surface area (Å²) >= 11 is 0. The van der Waals surface area contributed by atoms with Crippen molar-refractivity contribution in [2.45, 2.75) is 32.3 Å². The van der Waals surface area contributed by atoms with E-state index in [1.54, 1.807) is 0 Å². The third-order valence-electron chi connectivity index (χ3n) is 4.02. The van der Waals surface area contributed by atoms with Crippen molar-refractivity contribution in [3.63, 3.8) is 0 Å². The Morgan fingerprint density at radius 1 is 1.10 bits per heavy atom. The number of likely N-dealkylation sites (N-methyl/N-ethyl adjacent to an activating group) is 1. The van der Waals surface area contributed by atoms with Gasteiger partial charge in [-0.2, -0.15) is 0 Å². The molecule has 0 unspecified atom stereocenters. The van der Waals surface area contributed by atoms with Crippen LogP contribution in [0.1, 0.15) is 30.4 Å². The molecular weight excluding hydrogens is 248 g/mol. The predicted molar refractivity (Wildman–Crippen MR) is 84.0 cm³/mol. The molecule has 1 saturated heterocycles. The van der Waals surface area contributed by atoms with Crippen LogP contribution in [-0.2, 0) is 17.8 Å². The molecule has 1 N–H and O–H groups in total. The Balaban J connectivity index is 1.70. The fourth-order valence-corrected chi connectivity index (χ4v) is 2.76. The van der Waals surface area contributed by atoms with Crippen LogP contribution < -0.4 is 5.32 Å². The number of ether oxygens (including phenoxy) is 1. The highest BCUT2D eigenvalue weighted by molar-refractivity contribution is 5.26. The van der Waals surface area contributed by atoms with Gasteiger partial charge in [-0.1, -0.05) is 30.7 Å². The second kappa shape index (κ2) is 9.11. The Labute approximate surface area is 123 Å². The summed E-state index contributed by atoms with van der Waals surface area (Å²) < 4.78 is 5.88. The molecule has 0 aliphatic carbocycles. The highest BCUT2D eigenvalue weighted by Crippen LogP contribution is 2.11. The third kappa shape index (κ3) is 5.23. The van der Waals surface area contributed by atoms with Crippen molar-refractivity contribution in [1.82, 2.24) is 10.2 Å². The van der Waals surface area contributed by atoms with E-state index in [4.69, 9.17) is 4.74 Å². The predicted octanol–water partition coefficient (Wildman–Crippen LogP) is 2.45. The van der Waals surface area contributed by atoms with Gasteiger partial charge in [0, 0.05) is 6.54 Å². The highest BCUT2D eigenvalue weighted by Gasteiger charge is 2.09. The van der Waals surface area contributed by atoms with Crippen LogP contribution in [0.15, 0.2) is 24.3 Å². The van der Waals surface area contributed by atoms with Gasteiger partial charge in [0.05, 0.1) is 13.2 Å². The summed E-state index contributed by atoms with van der Waals surface area (Å²) in [5.41, 5.74) is 2.74. The van der Waals surface area contributed by atoms with E-state index >= 15 is 0 Å². The van der Waals surface area contributed by atoms with Gasteiger partial charge in [-0.15, -0.1) is 0 Å². The number of nitrogens with one attached hydrogen (secondary N) is 1. The van der Waals surface area contributed by atoms with E-state index in [0.29, 0.717) is 0 Å². The van der Waals surface area contributed by atoms with E-state index < -0.39 is 0 Å². The smallest absolute Gasteiger partial charge is 0.0720 e. The summed E-state index contributed by atoms with van der Waals surface area (Å²) in [7, 11) is 2.00. The monoisotopic (exact) mass is 276 g/mol. The minimum absolute atomic E-state index is 0.744. The molecule has 3 heteroatoms. The average molecular weight is 276 g/mol. The van der Waals surface area contributed by atoms with Gasteiger partial charge in [0.1, 0.15) is 0 Å². The zero-order chi connectivity index (χ0) is 14.0. The summed E-state index contributed by atoms with van der Waals surface area (Å²) in [6.07, 6.45) is 5.18. The fraction of sp³-hybridized carbons (Fsp3) is 0.647. The van der Waals surface area contributed by atoms with Crippen molar-refractivity contribution >= 4 is 0 Å². The molecule has 2 rings (SSSR count). The Morgan fingerprint density at radius 3 is 2.60 bits per heavy atom. The van der Waals surface area contributed by atoms with Crippen LogP contribution in [0, 0.1) is 0 Å². The van der Waals surface area contributed by atoms with Crippen molar-refractivity contribution < 1.29 is 4.74 Å². The summed E-state index contributed by atoms with van der Waals surface area (Å²) in [4.78, 5) is 2.52. The molecule has 0 radical (unpaired) electrons. The van der Waals surface area contributed by atoms with E-state index in [9.17, 15) is 0 Å². The molecule has 1 fully saturated rings. The summed E-state index contributed by atoms with van der Waals surface area (Å²) in [6, 6.07) is 8.61. The molecule has 20 heavy (non-hydrogen) atoms. The zero-order valence-corrected chi connectivity index (χ0v) is 12.7. The maximum Gasteiger partial charge on any atom is 0.0720 e. The Kier molecular flexibility index (Phi) is 7.06. The van der Waals surface area contributed by atoms with E-state index in [0.717, 1.165) is 32.7 Å². The number of benzene rings is 1. The number of hydrogen-bond donors (Lipinski definition) is 1. The summed E-state index contributed by atoms with van der Waals surface area (Å²) in [5.74, 6) is 0. The van der Waals surface area contributed by atoms with E-state index in [1.807, 2.05) is 7.05 Å². The van der Waals surface area contributed by atoms with Gasteiger partial charge in [0.15, 0.2) is 0 Å². The van der Waals surface area contributed by atoms with Crippen LogP contribution in [-0.4, -0.2) is 44.7 Å². The lowest BCUT2D eigenvalue weighted by molar-refractivity contribution is 0.0859. The molecule has 0 spiro atoms.